The Bertz CT molecular complexity index is 1320. The highest BCUT2D eigenvalue weighted by Gasteiger charge is 2.19. The van der Waals surface area contributed by atoms with E-state index < -0.39 is 5.92 Å². The molecule has 5 nitrogen and oxygen atoms in total. The number of aromatic nitrogens is 2. The highest BCUT2D eigenvalue weighted by molar-refractivity contribution is 6.31. The van der Waals surface area contributed by atoms with Crippen molar-refractivity contribution in [2.75, 3.05) is 5.32 Å². The van der Waals surface area contributed by atoms with Crippen molar-refractivity contribution in [2.45, 2.75) is 26.2 Å². The molecular formula is C27H23ClN4O. The van der Waals surface area contributed by atoms with Gasteiger partial charge < -0.3 is 5.32 Å². The first-order valence-electron chi connectivity index (χ1n) is 10.6. The zero-order valence-electron chi connectivity index (χ0n) is 18.4. The minimum absolute atomic E-state index is 0.155. The number of nitriles is 1. The van der Waals surface area contributed by atoms with Crippen molar-refractivity contribution in [1.29, 1.82) is 5.26 Å². The number of nitrogens with one attached hydrogen (secondary N) is 1. The van der Waals surface area contributed by atoms with Crippen molar-refractivity contribution in [3.63, 3.8) is 0 Å². The highest BCUT2D eigenvalue weighted by atomic mass is 35.5. The number of hydrogen-bond donors (Lipinski definition) is 1. The fourth-order valence-corrected chi connectivity index (χ4v) is 4.21. The second kappa shape index (κ2) is 9.72. The Morgan fingerprint density at radius 3 is 2.36 bits per heavy atom. The van der Waals surface area contributed by atoms with E-state index in [-0.39, 0.29) is 12.3 Å². The molecule has 4 aromatic rings. The average molecular weight is 455 g/mol. The molecule has 0 aliphatic rings. The molecule has 0 saturated carbocycles. The molecule has 6 heteroatoms. The molecule has 1 unspecified atom stereocenters. The van der Waals surface area contributed by atoms with Gasteiger partial charge in [-0.25, -0.2) is 4.68 Å². The Balaban J connectivity index is 1.50. The van der Waals surface area contributed by atoms with Gasteiger partial charge >= 0.3 is 0 Å². The molecule has 164 valence electrons. The summed E-state index contributed by atoms with van der Waals surface area (Å²) in [6.07, 6.45) is 0.203. The van der Waals surface area contributed by atoms with E-state index in [9.17, 15) is 10.1 Å². The van der Waals surface area contributed by atoms with Gasteiger partial charge in [0, 0.05) is 22.0 Å². The summed E-state index contributed by atoms with van der Waals surface area (Å²) >= 11 is 6.50. The fraction of sp³-hybridized carbons (Fsp3) is 0.148. The molecule has 1 N–H and O–H groups in total. The standard InChI is InChI=1S/C27H23ClN4O/c1-18-24(19(2)32(31-18)22-11-7-4-8-12-22)16-27(33)30-21-13-14-23(26(28)15-21)25(17-29)20-9-5-3-6-10-20/h3-15,25H,16H2,1-2H3,(H,30,33). The van der Waals surface area contributed by atoms with Crippen LogP contribution in [-0.4, -0.2) is 15.7 Å². The molecule has 0 spiro atoms. The molecule has 0 fully saturated rings. The van der Waals surface area contributed by atoms with Gasteiger partial charge in [0.05, 0.1) is 29.8 Å². The minimum atomic E-state index is -0.474. The Hall–Kier alpha value is -3.88. The molecule has 1 amide bonds. The van der Waals surface area contributed by atoms with E-state index in [0.717, 1.165) is 28.2 Å². The lowest BCUT2D eigenvalue weighted by Gasteiger charge is -2.13. The molecule has 0 aliphatic carbocycles. The largest absolute Gasteiger partial charge is 0.326 e. The molecule has 3 aromatic carbocycles. The second-order valence-electron chi connectivity index (χ2n) is 7.83. The van der Waals surface area contributed by atoms with Crippen LogP contribution in [0, 0.1) is 25.2 Å². The number of halogens is 1. The number of para-hydroxylation sites is 1. The maximum Gasteiger partial charge on any atom is 0.228 e. The monoisotopic (exact) mass is 454 g/mol. The average Bonchev–Trinajstić information content (AvgIpc) is 3.10. The van der Waals surface area contributed by atoms with Crippen molar-refractivity contribution >= 4 is 23.2 Å². The number of hydrogen-bond acceptors (Lipinski definition) is 3. The van der Waals surface area contributed by atoms with Crippen LogP contribution in [0.1, 0.15) is 34.0 Å². The van der Waals surface area contributed by atoms with Crippen LogP contribution in [0.15, 0.2) is 78.9 Å². The van der Waals surface area contributed by atoms with Gasteiger partial charge in [0.25, 0.3) is 0 Å². The normalized spacial score (nSPS) is 11.6. The number of carbonyl (C=O) groups excluding carboxylic acids is 1. The van der Waals surface area contributed by atoms with Gasteiger partial charge in [-0.15, -0.1) is 0 Å². The van der Waals surface area contributed by atoms with Crippen LogP contribution < -0.4 is 5.32 Å². The summed E-state index contributed by atoms with van der Waals surface area (Å²) in [7, 11) is 0. The molecule has 0 bridgehead atoms. The SMILES string of the molecule is Cc1nn(-c2ccccc2)c(C)c1CC(=O)Nc1ccc(C(C#N)c2ccccc2)c(Cl)c1. The third-order valence-electron chi connectivity index (χ3n) is 5.64. The lowest BCUT2D eigenvalue weighted by molar-refractivity contribution is -0.115. The lowest BCUT2D eigenvalue weighted by atomic mass is 9.92. The third-order valence-corrected chi connectivity index (χ3v) is 5.96. The van der Waals surface area contributed by atoms with Crippen LogP contribution >= 0.6 is 11.6 Å². The highest BCUT2D eigenvalue weighted by Crippen LogP contribution is 2.32. The number of amides is 1. The van der Waals surface area contributed by atoms with Gasteiger partial charge in [-0.2, -0.15) is 10.4 Å². The van der Waals surface area contributed by atoms with Gasteiger partial charge in [-0.1, -0.05) is 66.2 Å². The van der Waals surface area contributed by atoms with Crippen LogP contribution in [0.25, 0.3) is 5.69 Å². The van der Waals surface area contributed by atoms with E-state index in [0.29, 0.717) is 16.3 Å². The van der Waals surface area contributed by atoms with Gasteiger partial charge in [-0.3, -0.25) is 4.79 Å². The predicted molar refractivity (Wildman–Crippen MR) is 131 cm³/mol. The first-order chi connectivity index (χ1) is 16.0. The van der Waals surface area contributed by atoms with Crippen LogP contribution in [0.4, 0.5) is 5.69 Å². The first kappa shape index (κ1) is 22.3. The van der Waals surface area contributed by atoms with E-state index in [4.69, 9.17) is 11.6 Å². The van der Waals surface area contributed by atoms with Gasteiger partial charge in [0.2, 0.25) is 5.91 Å². The molecule has 4 rings (SSSR count). The molecular weight excluding hydrogens is 432 g/mol. The van der Waals surface area contributed by atoms with Crippen LogP contribution in [0.5, 0.6) is 0 Å². The third kappa shape index (κ3) is 4.82. The van der Waals surface area contributed by atoms with E-state index >= 15 is 0 Å². The summed E-state index contributed by atoms with van der Waals surface area (Å²) in [6, 6.07) is 26.9. The first-order valence-corrected chi connectivity index (χ1v) is 11.0. The fourth-order valence-electron chi connectivity index (χ4n) is 3.93. The number of benzene rings is 3. The van der Waals surface area contributed by atoms with E-state index in [1.807, 2.05) is 79.2 Å². The van der Waals surface area contributed by atoms with Crippen molar-refractivity contribution in [3.8, 4) is 11.8 Å². The van der Waals surface area contributed by atoms with Crippen LogP contribution in [0.3, 0.4) is 0 Å². The van der Waals surface area contributed by atoms with E-state index in [1.54, 1.807) is 18.2 Å². The van der Waals surface area contributed by atoms with Crippen molar-refractivity contribution in [3.05, 3.63) is 112 Å². The summed E-state index contributed by atoms with van der Waals surface area (Å²) in [5, 5.41) is 17.6. The zero-order chi connectivity index (χ0) is 23.4. The number of aryl methyl sites for hydroxylation is 1. The molecule has 1 atom stereocenters. The molecule has 0 aliphatic heterocycles. The Morgan fingerprint density at radius 1 is 1.06 bits per heavy atom. The van der Waals surface area contributed by atoms with Crippen molar-refractivity contribution in [1.82, 2.24) is 9.78 Å². The van der Waals surface area contributed by atoms with Gasteiger partial charge in [-0.05, 0) is 49.2 Å². The number of carbonyl (C=O) groups is 1. The molecule has 1 aromatic heterocycles. The predicted octanol–water partition coefficient (Wildman–Crippen LogP) is 5.98. The zero-order valence-corrected chi connectivity index (χ0v) is 19.2. The van der Waals surface area contributed by atoms with Gasteiger partial charge in [0.1, 0.15) is 0 Å². The van der Waals surface area contributed by atoms with Crippen LogP contribution in [-0.2, 0) is 11.2 Å². The van der Waals surface area contributed by atoms with Crippen molar-refractivity contribution in [2.24, 2.45) is 0 Å². The van der Waals surface area contributed by atoms with E-state index in [2.05, 4.69) is 16.5 Å². The lowest BCUT2D eigenvalue weighted by Crippen LogP contribution is -2.15. The second-order valence-corrected chi connectivity index (χ2v) is 8.24. The minimum Gasteiger partial charge on any atom is -0.326 e. The topological polar surface area (TPSA) is 70.7 Å². The summed E-state index contributed by atoms with van der Waals surface area (Å²) < 4.78 is 1.86. The summed E-state index contributed by atoms with van der Waals surface area (Å²) in [5.74, 6) is -0.630. The maximum atomic E-state index is 12.8. The Kier molecular flexibility index (Phi) is 6.58. The quantitative estimate of drug-likeness (QED) is 0.389. The number of nitrogens with zero attached hydrogens (tertiary/aromatic N) is 3. The van der Waals surface area contributed by atoms with Crippen LogP contribution in [0.2, 0.25) is 5.02 Å². The maximum absolute atomic E-state index is 12.8. The summed E-state index contributed by atoms with van der Waals surface area (Å²) in [5.41, 5.74) is 5.77. The summed E-state index contributed by atoms with van der Waals surface area (Å²) in [4.78, 5) is 12.8. The smallest absolute Gasteiger partial charge is 0.228 e. The molecule has 0 radical (unpaired) electrons. The van der Waals surface area contributed by atoms with Gasteiger partial charge in [0.15, 0.2) is 0 Å². The summed E-state index contributed by atoms with van der Waals surface area (Å²) in [6.45, 7) is 3.87. The molecule has 1 heterocycles. The number of rotatable bonds is 6. The Morgan fingerprint density at radius 2 is 1.73 bits per heavy atom. The van der Waals surface area contributed by atoms with E-state index in [1.165, 1.54) is 0 Å². The number of anilines is 1. The molecule has 33 heavy (non-hydrogen) atoms. The molecule has 0 saturated heterocycles. The van der Waals surface area contributed by atoms with Crippen molar-refractivity contribution < 1.29 is 4.79 Å². The Labute approximate surface area is 198 Å².